The van der Waals surface area contributed by atoms with E-state index in [4.69, 9.17) is 21.1 Å². The van der Waals surface area contributed by atoms with Crippen molar-refractivity contribution in [1.82, 2.24) is 0 Å². The second-order valence-electron chi connectivity index (χ2n) is 7.41. The third kappa shape index (κ3) is 6.45. The predicted molar refractivity (Wildman–Crippen MR) is 113 cm³/mol. The Labute approximate surface area is 172 Å². The third-order valence-electron chi connectivity index (χ3n) is 5.15. The summed E-state index contributed by atoms with van der Waals surface area (Å²) in [5.41, 5.74) is 1.62. The topological polar surface area (TPSA) is 47.6 Å². The zero-order chi connectivity index (χ0) is 19.8. The number of aryl methyl sites for hydroxylation is 1. The van der Waals surface area contributed by atoms with Gasteiger partial charge in [-0.25, -0.2) is 0 Å². The molecular weight excluding hydrogens is 374 g/mol. The molecule has 28 heavy (non-hydrogen) atoms. The van der Waals surface area contributed by atoms with Gasteiger partial charge >= 0.3 is 0 Å². The molecule has 0 bridgehead atoms. The van der Waals surface area contributed by atoms with Crippen molar-refractivity contribution in [1.29, 1.82) is 0 Å². The number of nitrogens with one attached hydrogen (secondary N) is 1. The molecule has 5 heteroatoms. The molecule has 0 aliphatic heterocycles. The predicted octanol–water partition coefficient (Wildman–Crippen LogP) is 6.02. The molecule has 0 spiro atoms. The van der Waals surface area contributed by atoms with Crippen LogP contribution in [0.25, 0.3) is 0 Å². The fraction of sp³-hybridized carbons (Fsp3) is 0.435. The highest BCUT2D eigenvalue weighted by Crippen LogP contribution is 2.26. The molecule has 1 saturated carbocycles. The Morgan fingerprint density at radius 1 is 1.07 bits per heavy atom. The van der Waals surface area contributed by atoms with Crippen molar-refractivity contribution in [3.63, 3.8) is 0 Å². The van der Waals surface area contributed by atoms with E-state index >= 15 is 0 Å². The zero-order valence-electron chi connectivity index (χ0n) is 16.4. The Morgan fingerprint density at radius 2 is 1.82 bits per heavy atom. The largest absolute Gasteiger partial charge is 0.494 e. The SMILES string of the molecule is Cc1cc(Cl)ccc1OCC(=O)Nc1ccc(OCCC2CCCCC2)cc1. The Kier molecular flexibility index (Phi) is 7.61. The van der Waals surface area contributed by atoms with Crippen molar-refractivity contribution in [3.05, 3.63) is 53.1 Å². The fourth-order valence-corrected chi connectivity index (χ4v) is 3.80. The van der Waals surface area contributed by atoms with Crippen LogP contribution in [0.2, 0.25) is 5.02 Å². The number of halogens is 1. The van der Waals surface area contributed by atoms with Gasteiger partial charge in [0.25, 0.3) is 5.91 Å². The molecule has 3 rings (SSSR count). The van der Waals surface area contributed by atoms with Crippen LogP contribution in [-0.2, 0) is 4.79 Å². The summed E-state index contributed by atoms with van der Waals surface area (Å²) in [4.78, 5) is 12.1. The molecular formula is C23H28ClNO3. The molecule has 0 heterocycles. The first kappa shape index (κ1) is 20.5. The van der Waals surface area contributed by atoms with E-state index in [1.165, 1.54) is 32.1 Å². The van der Waals surface area contributed by atoms with Crippen LogP contribution >= 0.6 is 11.6 Å². The van der Waals surface area contributed by atoms with E-state index in [0.717, 1.165) is 35.9 Å². The van der Waals surface area contributed by atoms with E-state index < -0.39 is 0 Å². The van der Waals surface area contributed by atoms with E-state index in [-0.39, 0.29) is 12.5 Å². The number of amides is 1. The highest BCUT2D eigenvalue weighted by atomic mass is 35.5. The van der Waals surface area contributed by atoms with Gasteiger partial charge in [0.2, 0.25) is 0 Å². The van der Waals surface area contributed by atoms with Crippen LogP contribution in [0.15, 0.2) is 42.5 Å². The smallest absolute Gasteiger partial charge is 0.262 e. The summed E-state index contributed by atoms with van der Waals surface area (Å²) in [5, 5.41) is 3.48. The Bertz CT molecular complexity index is 770. The van der Waals surface area contributed by atoms with Crippen molar-refractivity contribution in [2.24, 2.45) is 5.92 Å². The summed E-state index contributed by atoms with van der Waals surface area (Å²) in [6, 6.07) is 12.8. The third-order valence-corrected chi connectivity index (χ3v) is 5.39. The van der Waals surface area contributed by atoms with Crippen LogP contribution in [0.3, 0.4) is 0 Å². The van der Waals surface area contributed by atoms with Crippen molar-refractivity contribution in [2.45, 2.75) is 45.4 Å². The van der Waals surface area contributed by atoms with E-state index in [1.54, 1.807) is 12.1 Å². The summed E-state index contributed by atoms with van der Waals surface area (Å²) >= 11 is 5.93. The van der Waals surface area contributed by atoms with Crippen LogP contribution in [0.5, 0.6) is 11.5 Å². The summed E-state index contributed by atoms with van der Waals surface area (Å²) in [6.45, 7) is 2.60. The number of anilines is 1. The van der Waals surface area contributed by atoms with Gasteiger partial charge in [0.05, 0.1) is 6.61 Å². The van der Waals surface area contributed by atoms with Crippen LogP contribution in [-0.4, -0.2) is 19.1 Å². The number of carbonyl (C=O) groups excluding carboxylic acids is 1. The van der Waals surface area contributed by atoms with E-state index in [2.05, 4.69) is 5.32 Å². The minimum absolute atomic E-state index is 0.0535. The number of carbonyl (C=O) groups is 1. The first-order chi connectivity index (χ1) is 13.6. The highest BCUT2D eigenvalue weighted by Gasteiger charge is 2.13. The van der Waals surface area contributed by atoms with Gasteiger partial charge in [0.1, 0.15) is 11.5 Å². The summed E-state index contributed by atoms with van der Waals surface area (Å²) in [6.07, 6.45) is 7.91. The monoisotopic (exact) mass is 401 g/mol. The second-order valence-corrected chi connectivity index (χ2v) is 7.85. The number of ether oxygens (including phenoxy) is 2. The maximum Gasteiger partial charge on any atom is 0.262 e. The lowest BCUT2D eigenvalue weighted by Gasteiger charge is -2.21. The van der Waals surface area contributed by atoms with Gasteiger partial charge in [-0.2, -0.15) is 0 Å². The zero-order valence-corrected chi connectivity index (χ0v) is 17.1. The van der Waals surface area contributed by atoms with Crippen LogP contribution < -0.4 is 14.8 Å². The average Bonchev–Trinajstić information content (AvgIpc) is 2.69. The summed E-state index contributed by atoms with van der Waals surface area (Å²) < 4.78 is 11.4. The molecule has 0 atom stereocenters. The molecule has 1 aliphatic rings. The number of rotatable bonds is 8. The van der Waals surface area contributed by atoms with Crippen LogP contribution in [0.4, 0.5) is 5.69 Å². The minimum Gasteiger partial charge on any atom is -0.494 e. The fourth-order valence-electron chi connectivity index (χ4n) is 3.57. The molecule has 1 amide bonds. The molecule has 1 N–H and O–H groups in total. The summed E-state index contributed by atoms with van der Waals surface area (Å²) in [5.74, 6) is 2.10. The Hall–Kier alpha value is -2.20. The number of benzene rings is 2. The van der Waals surface area contributed by atoms with Crippen molar-refractivity contribution in [3.8, 4) is 11.5 Å². The molecule has 0 unspecified atom stereocenters. The van der Waals surface area contributed by atoms with Crippen molar-refractivity contribution in [2.75, 3.05) is 18.5 Å². The summed E-state index contributed by atoms with van der Waals surface area (Å²) in [7, 11) is 0. The maximum atomic E-state index is 12.1. The molecule has 2 aromatic carbocycles. The molecule has 2 aromatic rings. The standard InChI is InChI=1S/C23H28ClNO3/c1-17-15-19(24)7-12-22(17)28-16-23(26)25-20-8-10-21(11-9-20)27-14-13-18-5-3-2-4-6-18/h7-12,15,18H,2-6,13-14,16H2,1H3,(H,25,26). The van der Waals surface area contributed by atoms with Gasteiger partial charge < -0.3 is 14.8 Å². The molecule has 1 aliphatic carbocycles. The molecule has 0 saturated heterocycles. The Balaban J connectivity index is 1.39. The van der Waals surface area contributed by atoms with Crippen LogP contribution in [0, 0.1) is 12.8 Å². The van der Waals surface area contributed by atoms with Gasteiger partial charge in [0.15, 0.2) is 6.61 Å². The van der Waals surface area contributed by atoms with E-state index in [0.29, 0.717) is 10.8 Å². The first-order valence-electron chi connectivity index (χ1n) is 10.0. The highest BCUT2D eigenvalue weighted by molar-refractivity contribution is 6.30. The normalized spacial score (nSPS) is 14.5. The minimum atomic E-state index is -0.208. The molecule has 150 valence electrons. The van der Waals surface area contributed by atoms with Crippen molar-refractivity contribution >= 4 is 23.2 Å². The average molecular weight is 402 g/mol. The molecule has 0 radical (unpaired) electrons. The van der Waals surface area contributed by atoms with E-state index in [9.17, 15) is 4.79 Å². The van der Waals surface area contributed by atoms with Gasteiger partial charge in [-0.05, 0) is 67.3 Å². The second kappa shape index (κ2) is 10.4. The van der Waals surface area contributed by atoms with Gasteiger partial charge in [-0.1, -0.05) is 43.7 Å². The van der Waals surface area contributed by atoms with Crippen molar-refractivity contribution < 1.29 is 14.3 Å². The Morgan fingerprint density at radius 3 is 2.54 bits per heavy atom. The lowest BCUT2D eigenvalue weighted by Crippen LogP contribution is -2.20. The lowest BCUT2D eigenvalue weighted by atomic mass is 9.87. The van der Waals surface area contributed by atoms with Gasteiger partial charge in [-0.15, -0.1) is 0 Å². The van der Waals surface area contributed by atoms with E-state index in [1.807, 2.05) is 37.3 Å². The molecule has 1 fully saturated rings. The quantitative estimate of drug-likeness (QED) is 0.588. The number of hydrogen-bond acceptors (Lipinski definition) is 3. The van der Waals surface area contributed by atoms with Gasteiger partial charge in [-0.3, -0.25) is 4.79 Å². The lowest BCUT2D eigenvalue weighted by molar-refractivity contribution is -0.118. The van der Waals surface area contributed by atoms with Crippen LogP contribution in [0.1, 0.15) is 44.1 Å². The number of hydrogen-bond donors (Lipinski definition) is 1. The molecule has 0 aromatic heterocycles. The first-order valence-corrected chi connectivity index (χ1v) is 10.4. The molecule has 4 nitrogen and oxygen atoms in total. The van der Waals surface area contributed by atoms with Gasteiger partial charge in [0, 0.05) is 10.7 Å². The maximum absolute atomic E-state index is 12.1.